The fraction of sp³-hybridized carbons (Fsp3) is 0.400. The van der Waals surface area contributed by atoms with E-state index in [1.807, 2.05) is 6.92 Å². The summed E-state index contributed by atoms with van der Waals surface area (Å²) in [5, 5.41) is 3.85. The molecule has 0 aliphatic carbocycles. The summed E-state index contributed by atoms with van der Waals surface area (Å²) in [4.78, 5) is 12.6. The van der Waals surface area contributed by atoms with E-state index in [4.69, 9.17) is 4.52 Å². The molecule has 7 heteroatoms. The Morgan fingerprint density at radius 1 is 1.07 bits per heavy atom. The van der Waals surface area contributed by atoms with Crippen LogP contribution in [0.5, 0.6) is 0 Å². The second-order valence-electron chi connectivity index (χ2n) is 6.78. The van der Waals surface area contributed by atoms with Crippen molar-refractivity contribution in [2.24, 2.45) is 0 Å². The van der Waals surface area contributed by atoms with Gasteiger partial charge in [0.25, 0.3) is 0 Å². The van der Waals surface area contributed by atoms with Crippen LogP contribution in [0.25, 0.3) is 6.08 Å². The number of benzene rings is 1. The summed E-state index contributed by atoms with van der Waals surface area (Å²) in [7, 11) is -3.50. The van der Waals surface area contributed by atoms with Gasteiger partial charge < -0.3 is 4.52 Å². The molecule has 0 amide bonds. The van der Waals surface area contributed by atoms with Crippen LogP contribution >= 0.6 is 0 Å². The van der Waals surface area contributed by atoms with Gasteiger partial charge in [-0.05, 0) is 63.1 Å². The molecule has 1 fully saturated rings. The number of carbonyl (C=O) groups excluding carboxylic acids is 1. The molecule has 0 atom stereocenters. The van der Waals surface area contributed by atoms with E-state index in [0.29, 0.717) is 24.4 Å². The van der Waals surface area contributed by atoms with Gasteiger partial charge in [-0.3, -0.25) is 4.79 Å². The zero-order valence-corrected chi connectivity index (χ0v) is 16.5. The number of sulfonamides is 1. The summed E-state index contributed by atoms with van der Waals surface area (Å²) in [6.45, 7) is 4.71. The third-order valence-corrected chi connectivity index (χ3v) is 6.74. The number of hydrogen-bond acceptors (Lipinski definition) is 5. The number of carbonyl (C=O) groups is 1. The van der Waals surface area contributed by atoms with Crippen LogP contribution in [-0.4, -0.2) is 36.8 Å². The Labute approximate surface area is 159 Å². The van der Waals surface area contributed by atoms with Gasteiger partial charge in [-0.2, -0.15) is 4.31 Å². The van der Waals surface area contributed by atoms with Crippen LogP contribution < -0.4 is 0 Å². The van der Waals surface area contributed by atoms with Crippen LogP contribution in [0.15, 0.2) is 39.8 Å². The van der Waals surface area contributed by atoms with E-state index in [1.54, 1.807) is 29.4 Å². The summed E-state index contributed by atoms with van der Waals surface area (Å²) >= 11 is 0. The molecule has 2 aromatic rings. The molecule has 2 heterocycles. The lowest BCUT2D eigenvalue weighted by molar-refractivity contribution is 0.104. The van der Waals surface area contributed by atoms with Gasteiger partial charge in [0.1, 0.15) is 5.76 Å². The van der Waals surface area contributed by atoms with Crippen LogP contribution in [0.3, 0.4) is 0 Å². The van der Waals surface area contributed by atoms with E-state index < -0.39 is 10.0 Å². The first-order valence-electron chi connectivity index (χ1n) is 9.15. The maximum atomic E-state index is 12.8. The summed E-state index contributed by atoms with van der Waals surface area (Å²) in [6, 6.07) is 6.14. The number of hydrogen-bond donors (Lipinski definition) is 0. The first-order valence-corrected chi connectivity index (χ1v) is 10.6. The SMILES string of the molecule is Cc1noc(C)c1C=CC(=O)c1ccc(S(=O)(=O)N2CCCCCC2)cc1. The molecular formula is C20H24N2O4S. The molecule has 27 heavy (non-hydrogen) atoms. The molecule has 1 aliphatic rings. The average molecular weight is 388 g/mol. The Kier molecular flexibility index (Phi) is 5.92. The second kappa shape index (κ2) is 8.19. The molecule has 144 valence electrons. The molecule has 1 aromatic heterocycles. The summed E-state index contributed by atoms with van der Waals surface area (Å²) in [6.07, 6.45) is 7.04. The quantitative estimate of drug-likeness (QED) is 0.576. The molecule has 0 saturated carbocycles. The zero-order chi connectivity index (χ0) is 19.4. The van der Waals surface area contributed by atoms with E-state index in [2.05, 4.69) is 5.16 Å². The normalized spacial score (nSPS) is 16.5. The predicted molar refractivity (Wildman–Crippen MR) is 103 cm³/mol. The molecule has 1 aromatic carbocycles. The fourth-order valence-corrected chi connectivity index (χ4v) is 4.72. The van der Waals surface area contributed by atoms with Gasteiger partial charge >= 0.3 is 0 Å². The zero-order valence-electron chi connectivity index (χ0n) is 15.6. The van der Waals surface area contributed by atoms with Crippen LogP contribution in [-0.2, 0) is 10.0 Å². The van der Waals surface area contributed by atoms with E-state index in [9.17, 15) is 13.2 Å². The topological polar surface area (TPSA) is 80.5 Å². The minimum Gasteiger partial charge on any atom is -0.361 e. The Morgan fingerprint density at radius 2 is 1.70 bits per heavy atom. The first kappa shape index (κ1) is 19.5. The Balaban J connectivity index is 1.75. The maximum absolute atomic E-state index is 12.8. The molecular weight excluding hydrogens is 364 g/mol. The van der Waals surface area contributed by atoms with E-state index >= 15 is 0 Å². The largest absolute Gasteiger partial charge is 0.361 e. The highest BCUT2D eigenvalue weighted by molar-refractivity contribution is 7.89. The van der Waals surface area contributed by atoms with Crippen molar-refractivity contribution < 1.29 is 17.7 Å². The lowest BCUT2D eigenvalue weighted by atomic mass is 10.1. The van der Waals surface area contributed by atoms with E-state index in [1.165, 1.54) is 18.2 Å². The lowest BCUT2D eigenvalue weighted by Crippen LogP contribution is -2.31. The predicted octanol–water partition coefficient (Wildman–Crippen LogP) is 3.75. The third-order valence-electron chi connectivity index (χ3n) is 4.83. The van der Waals surface area contributed by atoms with Crippen molar-refractivity contribution in [3.8, 4) is 0 Å². The maximum Gasteiger partial charge on any atom is 0.243 e. The summed E-state index contributed by atoms with van der Waals surface area (Å²) in [5.74, 6) is 0.448. The van der Waals surface area contributed by atoms with Crippen molar-refractivity contribution >= 4 is 21.9 Å². The first-order chi connectivity index (χ1) is 12.9. The summed E-state index contributed by atoms with van der Waals surface area (Å²) < 4.78 is 32.2. The highest BCUT2D eigenvalue weighted by Gasteiger charge is 2.25. The van der Waals surface area contributed by atoms with Gasteiger partial charge in [0, 0.05) is 24.2 Å². The lowest BCUT2D eigenvalue weighted by Gasteiger charge is -2.19. The molecule has 0 bridgehead atoms. The number of nitrogens with zero attached hydrogens (tertiary/aromatic N) is 2. The van der Waals surface area contributed by atoms with Gasteiger partial charge in [0.05, 0.1) is 10.6 Å². The van der Waals surface area contributed by atoms with Gasteiger partial charge in [0.2, 0.25) is 10.0 Å². The van der Waals surface area contributed by atoms with Crippen LogP contribution in [0, 0.1) is 13.8 Å². The van der Waals surface area contributed by atoms with Crippen LogP contribution in [0.4, 0.5) is 0 Å². The smallest absolute Gasteiger partial charge is 0.243 e. The van der Waals surface area contributed by atoms with E-state index in [-0.39, 0.29) is 10.7 Å². The fourth-order valence-electron chi connectivity index (χ4n) is 3.21. The van der Waals surface area contributed by atoms with Gasteiger partial charge in [-0.15, -0.1) is 0 Å². The van der Waals surface area contributed by atoms with Crippen molar-refractivity contribution in [3.05, 3.63) is 52.9 Å². The Hall–Kier alpha value is -2.25. The second-order valence-corrected chi connectivity index (χ2v) is 8.72. The molecule has 6 nitrogen and oxygen atoms in total. The molecule has 1 aliphatic heterocycles. The van der Waals surface area contributed by atoms with Gasteiger partial charge in [0.15, 0.2) is 5.78 Å². The monoisotopic (exact) mass is 388 g/mol. The van der Waals surface area contributed by atoms with Crippen LogP contribution in [0.2, 0.25) is 0 Å². The van der Waals surface area contributed by atoms with Crippen molar-refractivity contribution in [1.29, 1.82) is 0 Å². The molecule has 0 unspecified atom stereocenters. The number of aryl methyl sites for hydroxylation is 2. The highest BCUT2D eigenvalue weighted by Crippen LogP contribution is 2.21. The van der Waals surface area contributed by atoms with Crippen molar-refractivity contribution in [2.75, 3.05) is 13.1 Å². The molecule has 0 spiro atoms. The van der Waals surface area contributed by atoms with Crippen molar-refractivity contribution in [1.82, 2.24) is 9.46 Å². The summed E-state index contributed by atoms with van der Waals surface area (Å²) in [5.41, 5.74) is 1.94. The molecule has 0 radical (unpaired) electrons. The molecule has 0 N–H and O–H groups in total. The average Bonchev–Trinajstić information content (AvgIpc) is 2.86. The van der Waals surface area contributed by atoms with E-state index in [0.717, 1.165) is 36.9 Å². The number of allylic oxidation sites excluding steroid dienone is 1. The number of ketones is 1. The van der Waals surface area contributed by atoms with Gasteiger partial charge in [-0.1, -0.05) is 18.0 Å². The molecule has 1 saturated heterocycles. The Bertz CT molecular complexity index is 915. The minimum atomic E-state index is -3.50. The molecule has 3 rings (SSSR count). The highest BCUT2D eigenvalue weighted by atomic mass is 32.2. The minimum absolute atomic E-state index is 0.200. The van der Waals surface area contributed by atoms with Crippen LogP contribution in [0.1, 0.15) is 53.1 Å². The standard InChI is InChI=1S/C20H24N2O4S/c1-15-19(16(2)26-21-15)11-12-20(23)17-7-9-18(10-8-17)27(24,25)22-13-5-3-4-6-14-22/h7-12H,3-6,13-14H2,1-2H3. The third kappa shape index (κ3) is 4.36. The van der Waals surface area contributed by atoms with Crippen molar-refractivity contribution in [2.45, 2.75) is 44.4 Å². The number of aromatic nitrogens is 1. The Morgan fingerprint density at radius 3 is 2.26 bits per heavy atom. The van der Waals surface area contributed by atoms with Crippen molar-refractivity contribution in [3.63, 3.8) is 0 Å². The van der Waals surface area contributed by atoms with Gasteiger partial charge in [-0.25, -0.2) is 8.42 Å². The number of rotatable bonds is 5.